The monoisotopic (exact) mass is 265 g/mol. The van der Waals surface area contributed by atoms with Crippen molar-refractivity contribution in [2.75, 3.05) is 6.61 Å². The normalized spacial score (nSPS) is 27.1. The molecular formula is C16H27NO2. The van der Waals surface area contributed by atoms with Gasteiger partial charge in [0, 0.05) is 29.7 Å². The van der Waals surface area contributed by atoms with Crippen molar-refractivity contribution in [2.24, 2.45) is 5.41 Å². The van der Waals surface area contributed by atoms with Crippen molar-refractivity contribution < 1.29 is 9.15 Å². The van der Waals surface area contributed by atoms with Gasteiger partial charge in [-0.25, -0.2) is 0 Å². The largest absolute Gasteiger partial charge is 0.466 e. The Bertz CT molecular complexity index is 436. The van der Waals surface area contributed by atoms with Gasteiger partial charge in [0.1, 0.15) is 11.5 Å². The predicted molar refractivity (Wildman–Crippen MR) is 77.3 cm³/mol. The zero-order valence-corrected chi connectivity index (χ0v) is 13.0. The van der Waals surface area contributed by atoms with E-state index in [0.29, 0.717) is 18.2 Å². The van der Waals surface area contributed by atoms with E-state index in [4.69, 9.17) is 9.15 Å². The van der Waals surface area contributed by atoms with Crippen LogP contribution in [-0.2, 0) is 4.74 Å². The molecule has 3 unspecified atom stereocenters. The number of hydrogen-bond acceptors (Lipinski definition) is 3. The molecule has 19 heavy (non-hydrogen) atoms. The van der Waals surface area contributed by atoms with Crippen LogP contribution in [0.4, 0.5) is 0 Å². The molecule has 3 atom stereocenters. The van der Waals surface area contributed by atoms with E-state index in [1.54, 1.807) is 0 Å². The third kappa shape index (κ3) is 2.72. The maximum atomic E-state index is 5.78. The third-order valence-corrected chi connectivity index (χ3v) is 4.54. The molecule has 1 aliphatic rings. The average Bonchev–Trinajstić information content (AvgIpc) is 2.67. The van der Waals surface area contributed by atoms with Gasteiger partial charge in [-0.2, -0.15) is 0 Å². The van der Waals surface area contributed by atoms with Crippen molar-refractivity contribution in [3.8, 4) is 0 Å². The van der Waals surface area contributed by atoms with Gasteiger partial charge in [-0.3, -0.25) is 0 Å². The van der Waals surface area contributed by atoms with Crippen LogP contribution < -0.4 is 5.32 Å². The summed E-state index contributed by atoms with van der Waals surface area (Å²) in [5.41, 5.74) is 1.48. The van der Waals surface area contributed by atoms with Crippen LogP contribution in [0.3, 0.4) is 0 Å². The van der Waals surface area contributed by atoms with Crippen LogP contribution in [0.2, 0.25) is 0 Å². The van der Waals surface area contributed by atoms with Crippen molar-refractivity contribution in [3.63, 3.8) is 0 Å². The van der Waals surface area contributed by atoms with Crippen LogP contribution in [0.1, 0.15) is 57.2 Å². The van der Waals surface area contributed by atoms with E-state index in [-0.39, 0.29) is 5.41 Å². The lowest BCUT2D eigenvalue weighted by atomic mass is 9.64. The molecule has 0 radical (unpaired) electrons. The van der Waals surface area contributed by atoms with E-state index in [9.17, 15) is 0 Å². The zero-order valence-electron chi connectivity index (χ0n) is 13.0. The van der Waals surface area contributed by atoms with Crippen molar-refractivity contribution in [3.05, 3.63) is 23.2 Å². The summed E-state index contributed by atoms with van der Waals surface area (Å²) < 4.78 is 11.4. The molecule has 0 aromatic carbocycles. The summed E-state index contributed by atoms with van der Waals surface area (Å²) in [4.78, 5) is 0. The van der Waals surface area contributed by atoms with Crippen LogP contribution in [-0.4, -0.2) is 18.8 Å². The number of ether oxygens (including phenoxy) is 1. The number of furan rings is 1. The van der Waals surface area contributed by atoms with E-state index >= 15 is 0 Å². The maximum absolute atomic E-state index is 5.78. The van der Waals surface area contributed by atoms with Crippen molar-refractivity contribution in [2.45, 2.75) is 66.2 Å². The molecule has 3 nitrogen and oxygen atoms in total. The van der Waals surface area contributed by atoms with E-state index in [1.165, 1.54) is 5.56 Å². The lowest BCUT2D eigenvalue weighted by Gasteiger charge is -2.52. The minimum atomic E-state index is 0.205. The van der Waals surface area contributed by atoms with E-state index in [0.717, 1.165) is 24.5 Å². The van der Waals surface area contributed by atoms with Crippen molar-refractivity contribution in [1.82, 2.24) is 5.32 Å². The number of hydrogen-bond donors (Lipinski definition) is 1. The molecule has 0 saturated heterocycles. The number of aryl methyl sites for hydroxylation is 2. The highest BCUT2D eigenvalue weighted by Crippen LogP contribution is 2.43. The van der Waals surface area contributed by atoms with Crippen molar-refractivity contribution in [1.29, 1.82) is 0 Å². The standard InChI is InChI=1S/C16H27NO2/c1-7-18-15-9-14(16(15,5)6)17-11(3)13-8-10(2)19-12(13)4/h8,11,14-15,17H,7,9H2,1-6H3. The molecule has 0 aliphatic heterocycles. The second-order valence-corrected chi connectivity index (χ2v) is 6.31. The Morgan fingerprint density at radius 3 is 2.63 bits per heavy atom. The molecule has 1 fully saturated rings. The van der Waals surface area contributed by atoms with E-state index in [1.807, 2.05) is 13.8 Å². The molecule has 1 aromatic heterocycles. The van der Waals surface area contributed by atoms with Crippen LogP contribution >= 0.6 is 0 Å². The molecule has 2 rings (SSSR count). The number of rotatable bonds is 5. The van der Waals surface area contributed by atoms with E-state index in [2.05, 4.69) is 39.1 Å². The van der Waals surface area contributed by atoms with Gasteiger partial charge < -0.3 is 14.5 Å². The highest BCUT2D eigenvalue weighted by atomic mass is 16.5. The van der Waals surface area contributed by atoms with Gasteiger partial charge >= 0.3 is 0 Å². The SMILES string of the molecule is CCOC1CC(NC(C)c2cc(C)oc2C)C1(C)C. The van der Waals surface area contributed by atoms with Crippen LogP contribution in [0, 0.1) is 19.3 Å². The first-order valence-electron chi connectivity index (χ1n) is 7.30. The Morgan fingerprint density at radius 2 is 2.16 bits per heavy atom. The van der Waals surface area contributed by atoms with Gasteiger partial charge in [0.25, 0.3) is 0 Å². The Morgan fingerprint density at radius 1 is 1.47 bits per heavy atom. The summed E-state index contributed by atoms with van der Waals surface area (Å²) in [5.74, 6) is 2.01. The molecule has 1 aliphatic carbocycles. The average molecular weight is 265 g/mol. The topological polar surface area (TPSA) is 34.4 Å². The quantitative estimate of drug-likeness (QED) is 0.880. The molecule has 3 heteroatoms. The summed E-state index contributed by atoms with van der Waals surface area (Å²) in [6.07, 6.45) is 1.48. The minimum Gasteiger partial charge on any atom is -0.466 e. The van der Waals surface area contributed by atoms with Gasteiger partial charge in [-0.15, -0.1) is 0 Å². The maximum Gasteiger partial charge on any atom is 0.105 e. The second-order valence-electron chi connectivity index (χ2n) is 6.31. The molecule has 0 spiro atoms. The van der Waals surface area contributed by atoms with Crippen molar-refractivity contribution >= 4 is 0 Å². The summed E-state index contributed by atoms with van der Waals surface area (Å²) in [6.45, 7) is 13.7. The first-order valence-corrected chi connectivity index (χ1v) is 7.30. The Kier molecular flexibility index (Phi) is 4.07. The highest BCUT2D eigenvalue weighted by Gasteiger charge is 2.49. The van der Waals surface area contributed by atoms with Gasteiger partial charge in [0.15, 0.2) is 0 Å². The lowest BCUT2D eigenvalue weighted by Crippen LogP contribution is -2.61. The second kappa shape index (κ2) is 5.29. The minimum absolute atomic E-state index is 0.205. The highest BCUT2D eigenvalue weighted by molar-refractivity contribution is 5.24. The van der Waals surface area contributed by atoms with Crippen LogP contribution in [0.25, 0.3) is 0 Å². The van der Waals surface area contributed by atoms with Gasteiger partial charge in [0.2, 0.25) is 0 Å². The smallest absolute Gasteiger partial charge is 0.105 e. The molecule has 1 N–H and O–H groups in total. The van der Waals surface area contributed by atoms with Crippen LogP contribution in [0.15, 0.2) is 10.5 Å². The predicted octanol–water partition coefficient (Wildman–Crippen LogP) is 3.75. The summed E-state index contributed by atoms with van der Waals surface area (Å²) in [7, 11) is 0. The zero-order chi connectivity index (χ0) is 14.2. The first-order chi connectivity index (χ1) is 8.86. The summed E-state index contributed by atoms with van der Waals surface area (Å²) in [6, 6.07) is 2.97. The Balaban J connectivity index is 1.97. The summed E-state index contributed by atoms with van der Waals surface area (Å²) in [5, 5.41) is 3.73. The van der Waals surface area contributed by atoms with Gasteiger partial charge in [0.05, 0.1) is 6.10 Å². The molecular weight excluding hydrogens is 238 g/mol. The number of nitrogens with one attached hydrogen (secondary N) is 1. The Hall–Kier alpha value is -0.800. The molecule has 0 amide bonds. The summed E-state index contributed by atoms with van der Waals surface area (Å²) >= 11 is 0. The van der Waals surface area contributed by atoms with Gasteiger partial charge in [-0.05, 0) is 40.2 Å². The molecule has 0 bridgehead atoms. The first kappa shape index (κ1) is 14.6. The molecule has 1 heterocycles. The fourth-order valence-corrected chi connectivity index (χ4v) is 3.12. The Labute approximate surface area is 116 Å². The fourth-order valence-electron chi connectivity index (χ4n) is 3.12. The third-order valence-electron chi connectivity index (χ3n) is 4.54. The van der Waals surface area contributed by atoms with Crippen LogP contribution in [0.5, 0.6) is 0 Å². The molecule has 1 saturated carbocycles. The lowest BCUT2D eigenvalue weighted by molar-refractivity contribution is -0.116. The molecule has 108 valence electrons. The van der Waals surface area contributed by atoms with E-state index < -0.39 is 0 Å². The van der Waals surface area contributed by atoms with Gasteiger partial charge in [-0.1, -0.05) is 13.8 Å². The molecule has 1 aromatic rings. The fraction of sp³-hybridized carbons (Fsp3) is 0.750.